The van der Waals surface area contributed by atoms with Crippen LogP contribution in [-0.4, -0.2) is 32.7 Å². The number of rotatable bonds is 7. The molecule has 0 aliphatic heterocycles. The van der Waals surface area contributed by atoms with E-state index in [-0.39, 0.29) is 18.2 Å². The van der Waals surface area contributed by atoms with Crippen LogP contribution < -0.4 is 11.1 Å². The number of benzene rings is 2. The Morgan fingerprint density at radius 3 is 2.50 bits per heavy atom. The number of nitrogens with one attached hydrogen (secondary N) is 2. The van der Waals surface area contributed by atoms with Gasteiger partial charge in [-0.3, -0.25) is 15.2 Å². The molecule has 0 bridgehead atoms. The summed E-state index contributed by atoms with van der Waals surface area (Å²) in [5.74, 6) is 1.01. The van der Waals surface area contributed by atoms with Crippen molar-refractivity contribution in [1.82, 2.24) is 14.5 Å². The molecule has 0 aliphatic carbocycles. The number of amidine groups is 1. The maximum Gasteiger partial charge on any atom is 0.181 e. The van der Waals surface area contributed by atoms with E-state index in [1.165, 1.54) is 0 Å². The lowest BCUT2D eigenvalue weighted by molar-refractivity contribution is 0.101. The second-order valence-electron chi connectivity index (χ2n) is 7.09. The first-order valence-corrected chi connectivity index (χ1v) is 9.57. The zero-order chi connectivity index (χ0) is 21.1. The highest BCUT2D eigenvalue weighted by atomic mass is 16.1. The van der Waals surface area contributed by atoms with Crippen molar-refractivity contribution in [3.05, 3.63) is 89.5 Å². The molecule has 7 nitrogen and oxygen atoms in total. The van der Waals surface area contributed by atoms with Gasteiger partial charge in [0.15, 0.2) is 5.78 Å². The van der Waals surface area contributed by atoms with Gasteiger partial charge < -0.3 is 15.6 Å². The molecule has 0 radical (unpaired) electrons. The Morgan fingerprint density at radius 1 is 1.07 bits per heavy atom. The quantitative estimate of drug-likeness (QED) is 0.252. The minimum atomic E-state index is 0.00761. The van der Waals surface area contributed by atoms with Crippen molar-refractivity contribution in [3.63, 3.8) is 0 Å². The number of aromatic nitrogens is 3. The maximum absolute atomic E-state index is 12.3. The van der Waals surface area contributed by atoms with Crippen LogP contribution in [0.25, 0.3) is 11.0 Å². The number of carbonyl (C=O) groups is 1. The molecule has 2 aromatic heterocycles. The Bertz CT molecular complexity index is 1210. The lowest BCUT2D eigenvalue weighted by Crippen LogP contribution is -2.13. The fourth-order valence-electron chi connectivity index (χ4n) is 3.32. The Balaban J connectivity index is 1.49. The van der Waals surface area contributed by atoms with Gasteiger partial charge in [-0.05, 0) is 35.9 Å². The first-order valence-electron chi connectivity index (χ1n) is 9.57. The molecule has 4 rings (SSSR count). The monoisotopic (exact) mass is 398 g/mol. The third kappa shape index (κ3) is 4.05. The van der Waals surface area contributed by atoms with Gasteiger partial charge in [0.2, 0.25) is 0 Å². The maximum atomic E-state index is 12.3. The summed E-state index contributed by atoms with van der Waals surface area (Å²) in [5.41, 5.74) is 10.7. The zero-order valence-corrected chi connectivity index (χ0v) is 16.6. The van der Waals surface area contributed by atoms with E-state index in [1.807, 2.05) is 49.5 Å². The molecule has 0 saturated heterocycles. The highest BCUT2D eigenvalue weighted by Crippen LogP contribution is 2.21. The van der Waals surface area contributed by atoms with E-state index in [2.05, 4.69) is 14.9 Å². The number of imidazole rings is 1. The molecule has 30 heavy (non-hydrogen) atoms. The third-order valence-corrected chi connectivity index (χ3v) is 5.06. The summed E-state index contributed by atoms with van der Waals surface area (Å²) in [6.45, 7) is 0.206. The molecule has 2 heterocycles. The van der Waals surface area contributed by atoms with Gasteiger partial charge in [-0.1, -0.05) is 24.3 Å². The van der Waals surface area contributed by atoms with E-state index in [0.29, 0.717) is 17.5 Å². The largest absolute Gasteiger partial charge is 0.384 e. The fraction of sp³-hybridized carbons (Fsp3) is 0.130. The summed E-state index contributed by atoms with van der Waals surface area (Å²) in [7, 11) is 1.99. The number of nitrogen functional groups attached to an aromatic ring is 1. The molecule has 0 atom stereocenters. The van der Waals surface area contributed by atoms with Gasteiger partial charge in [-0.2, -0.15) is 0 Å². The van der Waals surface area contributed by atoms with Crippen LogP contribution in [0.3, 0.4) is 0 Å². The Kier molecular flexibility index (Phi) is 5.26. The van der Waals surface area contributed by atoms with Crippen LogP contribution in [0, 0.1) is 5.41 Å². The van der Waals surface area contributed by atoms with Crippen LogP contribution in [0.5, 0.6) is 0 Å². The first-order chi connectivity index (χ1) is 14.5. The number of anilines is 1. The molecule has 0 fully saturated rings. The molecule has 0 amide bonds. The van der Waals surface area contributed by atoms with Crippen molar-refractivity contribution >= 4 is 28.3 Å². The lowest BCUT2D eigenvalue weighted by atomic mass is 10.1. The number of hydrogen-bond donors (Lipinski definition) is 3. The van der Waals surface area contributed by atoms with Gasteiger partial charge in [0.05, 0.1) is 17.6 Å². The van der Waals surface area contributed by atoms with Crippen molar-refractivity contribution in [2.75, 3.05) is 11.9 Å². The van der Waals surface area contributed by atoms with E-state index >= 15 is 0 Å². The van der Waals surface area contributed by atoms with Crippen molar-refractivity contribution < 1.29 is 4.79 Å². The molecular formula is C23H22N6O. The van der Waals surface area contributed by atoms with Crippen molar-refractivity contribution in [1.29, 1.82) is 5.41 Å². The molecule has 4 aromatic rings. The average molecular weight is 398 g/mol. The molecular weight excluding hydrogens is 376 g/mol. The van der Waals surface area contributed by atoms with Gasteiger partial charge in [0.1, 0.15) is 11.7 Å². The lowest BCUT2D eigenvalue weighted by Gasteiger charge is -2.06. The number of carbonyl (C=O) groups excluding carboxylic acids is 1. The molecule has 7 heteroatoms. The van der Waals surface area contributed by atoms with E-state index in [9.17, 15) is 4.79 Å². The zero-order valence-electron chi connectivity index (χ0n) is 16.6. The number of Topliss-reactive ketones (excluding diaryl/α,β-unsaturated/α-hetero) is 1. The summed E-state index contributed by atoms with van der Waals surface area (Å²) in [5, 5.41) is 10.7. The molecule has 0 unspecified atom stereocenters. The fourth-order valence-corrected chi connectivity index (χ4v) is 3.32. The van der Waals surface area contributed by atoms with Crippen LogP contribution in [0.2, 0.25) is 0 Å². The summed E-state index contributed by atoms with van der Waals surface area (Å²) >= 11 is 0. The normalized spacial score (nSPS) is 10.8. The van der Waals surface area contributed by atoms with Gasteiger partial charge in [-0.25, -0.2) is 4.98 Å². The average Bonchev–Trinajstić information content (AvgIpc) is 3.07. The molecule has 2 aromatic carbocycles. The van der Waals surface area contributed by atoms with E-state index < -0.39 is 0 Å². The third-order valence-electron chi connectivity index (χ3n) is 5.06. The summed E-state index contributed by atoms with van der Waals surface area (Å²) in [6, 6.07) is 17.0. The van der Waals surface area contributed by atoms with Crippen molar-refractivity contribution in [3.8, 4) is 0 Å². The predicted octanol–water partition coefficient (Wildman–Crippen LogP) is 3.14. The Labute approximate surface area is 174 Å². The Morgan fingerprint density at radius 2 is 1.80 bits per heavy atom. The summed E-state index contributed by atoms with van der Waals surface area (Å²) in [4.78, 5) is 21.0. The van der Waals surface area contributed by atoms with Crippen LogP contribution in [0.4, 0.5) is 5.69 Å². The highest BCUT2D eigenvalue weighted by molar-refractivity contribution is 5.99. The molecule has 0 spiro atoms. The number of ketones is 1. The van der Waals surface area contributed by atoms with Crippen LogP contribution in [0.15, 0.2) is 67.0 Å². The van der Waals surface area contributed by atoms with Crippen LogP contribution in [0.1, 0.15) is 27.3 Å². The number of aryl methyl sites for hydroxylation is 1. The van der Waals surface area contributed by atoms with Gasteiger partial charge in [0.25, 0.3) is 0 Å². The first kappa shape index (κ1) is 19.3. The highest BCUT2D eigenvalue weighted by Gasteiger charge is 2.11. The van der Waals surface area contributed by atoms with E-state index in [0.717, 1.165) is 28.1 Å². The van der Waals surface area contributed by atoms with Crippen LogP contribution in [-0.2, 0) is 13.5 Å². The number of nitrogens with two attached hydrogens (primary N) is 1. The van der Waals surface area contributed by atoms with Gasteiger partial charge in [-0.15, -0.1) is 0 Å². The smallest absolute Gasteiger partial charge is 0.181 e. The SMILES string of the molecule is Cn1c(Cc2ccc(C(=N)N)cc2)nc2cc(NCC(=O)c3ccncc3)ccc21. The number of hydrogen-bond acceptors (Lipinski definition) is 5. The molecule has 4 N–H and O–H groups in total. The molecule has 0 saturated carbocycles. The number of nitrogens with zero attached hydrogens (tertiary/aromatic N) is 3. The number of fused-ring (bicyclic) bond motifs is 1. The summed E-state index contributed by atoms with van der Waals surface area (Å²) < 4.78 is 2.07. The Hall–Kier alpha value is -4.00. The predicted molar refractivity (Wildman–Crippen MR) is 118 cm³/mol. The summed E-state index contributed by atoms with van der Waals surface area (Å²) in [6.07, 6.45) is 3.90. The second kappa shape index (κ2) is 8.16. The van der Waals surface area contributed by atoms with E-state index in [1.54, 1.807) is 24.5 Å². The van der Waals surface area contributed by atoms with E-state index in [4.69, 9.17) is 16.1 Å². The second-order valence-corrected chi connectivity index (χ2v) is 7.09. The molecule has 0 aliphatic rings. The van der Waals surface area contributed by atoms with Gasteiger partial charge in [0, 0.05) is 42.7 Å². The molecule has 150 valence electrons. The topological polar surface area (TPSA) is 110 Å². The standard InChI is InChI=1S/C23H22N6O/c1-29-20-7-6-18(27-14-21(30)16-8-10-26-11-9-16)13-19(20)28-22(29)12-15-2-4-17(5-3-15)23(24)25/h2-11,13,27H,12,14H2,1H3,(H3,24,25). The van der Waals surface area contributed by atoms with Crippen molar-refractivity contribution in [2.24, 2.45) is 12.8 Å². The minimum absolute atomic E-state index is 0.00761. The number of pyridine rings is 1. The van der Waals surface area contributed by atoms with Crippen LogP contribution >= 0.6 is 0 Å². The minimum Gasteiger partial charge on any atom is -0.384 e. The van der Waals surface area contributed by atoms with Crippen molar-refractivity contribution in [2.45, 2.75) is 6.42 Å². The van der Waals surface area contributed by atoms with Gasteiger partial charge >= 0.3 is 0 Å².